The molecule has 236 valence electrons. The van der Waals surface area contributed by atoms with Crippen LogP contribution >= 0.6 is 11.6 Å². The van der Waals surface area contributed by atoms with Crippen LogP contribution in [0.5, 0.6) is 5.75 Å². The summed E-state index contributed by atoms with van der Waals surface area (Å²) >= 11 is 6.06. The number of benzene rings is 4. The predicted octanol–water partition coefficient (Wildman–Crippen LogP) is 6.02. The molecule has 10 heteroatoms. The summed E-state index contributed by atoms with van der Waals surface area (Å²) in [5, 5.41) is 3.25. The number of carbonyl (C=O) groups is 2. The Bertz CT molecular complexity index is 1680. The molecule has 0 radical (unpaired) electrons. The first kappa shape index (κ1) is 33.6. The first-order valence-corrected chi connectivity index (χ1v) is 16.6. The molecule has 0 saturated heterocycles. The summed E-state index contributed by atoms with van der Waals surface area (Å²) in [7, 11) is -4.23. The summed E-state index contributed by atoms with van der Waals surface area (Å²) in [4.78, 5) is 29.5. The number of aryl methyl sites for hydroxylation is 1. The molecule has 0 aliphatic rings. The van der Waals surface area contributed by atoms with Crippen molar-refractivity contribution in [3.63, 3.8) is 0 Å². The summed E-state index contributed by atoms with van der Waals surface area (Å²) in [6, 6.07) is 28.5. The SMILES string of the molecule is CCNC(=O)[C@@H](Cc1ccccc1)N(Cc1cccc(C)c1)C(=O)CN(c1ccc(OCC)cc1)S(=O)(=O)c1ccc(Cl)cc1. The molecule has 4 aromatic carbocycles. The lowest BCUT2D eigenvalue weighted by Gasteiger charge is -2.34. The minimum Gasteiger partial charge on any atom is -0.494 e. The molecule has 45 heavy (non-hydrogen) atoms. The van der Waals surface area contributed by atoms with E-state index in [1.54, 1.807) is 24.3 Å². The average Bonchev–Trinajstić information content (AvgIpc) is 3.03. The maximum atomic E-state index is 14.5. The topological polar surface area (TPSA) is 96.0 Å². The van der Waals surface area contributed by atoms with Gasteiger partial charge in [0.05, 0.1) is 17.2 Å². The second-order valence-corrected chi connectivity index (χ2v) is 12.8. The zero-order valence-corrected chi connectivity index (χ0v) is 27.2. The number of likely N-dealkylation sites (N-methyl/N-ethyl adjacent to an activating group) is 1. The molecule has 2 amide bonds. The molecule has 0 saturated carbocycles. The van der Waals surface area contributed by atoms with Crippen molar-refractivity contribution in [3.05, 3.63) is 125 Å². The van der Waals surface area contributed by atoms with Crippen molar-refractivity contribution in [1.82, 2.24) is 10.2 Å². The van der Waals surface area contributed by atoms with E-state index in [4.69, 9.17) is 16.3 Å². The first-order valence-electron chi connectivity index (χ1n) is 14.8. The molecule has 8 nitrogen and oxygen atoms in total. The van der Waals surface area contributed by atoms with Crippen LogP contribution in [0.25, 0.3) is 0 Å². The number of amides is 2. The Morgan fingerprint density at radius 3 is 2.16 bits per heavy atom. The number of ether oxygens (including phenoxy) is 1. The third-order valence-corrected chi connectivity index (χ3v) is 9.21. The van der Waals surface area contributed by atoms with Gasteiger partial charge in [0.25, 0.3) is 10.0 Å². The fourth-order valence-electron chi connectivity index (χ4n) is 4.99. The lowest BCUT2D eigenvalue weighted by molar-refractivity contribution is -0.140. The lowest BCUT2D eigenvalue weighted by Crippen LogP contribution is -2.53. The van der Waals surface area contributed by atoms with E-state index in [1.807, 2.05) is 75.4 Å². The largest absolute Gasteiger partial charge is 0.494 e. The number of hydrogen-bond donors (Lipinski definition) is 1. The number of rotatable bonds is 14. The van der Waals surface area contributed by atoms with Gasteiger partial charge in [-0.1, -0.05) is 71.8 Å². The van der Waals surface area contributed by atoms with Crippen molar-refractivity contribution in [2.75, 3.05) is 24.0 Å². The van der Waals surface area contributed by atoms with E-state index >= 15 is 0 Å². The van der Waals surface area contributed by atoms with Gasteiger partial charge in [-0.2, -0.15) is 0 Å². The molecule has 4 rings (SSSR count). The van der Waals surface area contributed by atoms with Crippen LogP contribution in [0.1, 0.15) is 30.5 Å². The molecule has 0 fully saturated rings. The van der Waals surface area contributed by atoms with E-state index in [0.717, 1.165) is 21.0 Å². The fourth-order valence-corrected chi connectivity index (χ4v) is 6.53. The second kappa shape index (κ2) is 15.6. The standard InChI is InChI=1S/C35H38ClN3O5S/c1-4-37-35(41)33(23-27-11-7-6-8-12-27)38(24-28-13-9-10-26(3)22-28)34(40)25-39(30-16-18-31(19-17-30)44-5-2)45(42,43)32-20-14-29(36)15-21-32/h6-22,33H,4-5,23-25H2,1-3H3,(H,37,41)/t33-/m1/s1. The molecule has 4 aromatic rings. The van der Waals surface area contributed by atoms with Gasteiger partial charge < -0.3 is 15.0 Å². The van der Waals surface area contributed by atoms with Gasteiger partial charge in [0, 0.05) is 24.5 Å². The Labute approximate surface area is 270 Å². The quantitative estimate of drug-likeness (QED) is 0.181. The molecule has 1 atom stereocenters. The summed E-state index contributed by atoms with van der Waals surface area (Å²) in [6.07, 6.45) is 0.247. The van der Waals surface area contributed by atoms with Gasteiger partial charge in [0.2, 0.25) is 11.8 Å². The molecular weight excluding hydrogens is 610 g/mol. The molecule has 0 aliphatic heterocycles. The van der Waals surface area contributed by atoms with Crippen molar-refractivity contribution in [3.8, 4) is 5.75 Å². The van der Waals surface area contributed by atoms with Gasteiger partial charge in [-0.15, -0.1) is 0 Å². The lowest BCUT2D eigenvalue weighted by atomic mass is 10.0. The molecule has 0 aliphatic carbocycles. The number of hydrogen-bond acceptors (Lipinski definition) is 5. The maximum absolute atomic E-state index is 14.5. The fraction of sp³-hybridized carbons (Fsp3) is 0.257. The highest BCUT2D eigenvalue weighted by Crippen LogP contribution is 2.28. The van der Waals surface area contributed by atoms with Crippen LogP contribution in [-0.2, 0) is 32.6 Å². The third-order valence-electron chi connectivity index (χ3n) is 7.17. The van der Waals surface area contributed by atoms with E-state index in [9.17, 15) is 18.0 Å². The molecule has 0 spiro atoms. The second-order valence-electron chi connectivity index (χ2n) is 10.5. The average molecular weight is 648 g/mol. The van der Waals surface area contributed by atoms with E-state index in [-0.39, 0.29) is 29.5 Å². The van der Waals surface area contributed by atoms with Gasteiger partial charge in [-0.3, -0.25) is 13.9 Å². The minimum atomic E-state index is -4.23. The highest BCUT2D eigenvalue weighted by Gasteiger charge is 2.34. The number of nitrogens with zero attached hydrogens (tertiary/aromatic N) is 2. The van der Waals surface area contributed by atoms with E-state index < -0.39 is 28.5 Å². The number of carbonyl (C=O) groups excluding carboxylic acids is 2. The Morgan fingerprint density at radius 2 is 1.53 bits per heavy atom. The number of nitrogens with one attached hydrogen (secondary N) is 1. The number of halogens is 1. The monoisotopic (exact) mass is 647 g/mol. The van der Waals surface area contributed by atoms with Crippen molar-refractivity contribution in [2.24, 2.45) is 0 Å². The summed E-state index contributed by atoms with van der Waals surface area (Å²) in [5.74, 6) is -0.290. The van der Waals surface area contributed by atoms with Gasteiger partial charge in [0.15, 0.2) is 0 Å². The molecule has 0 aromatic heterocycles. The summed E-state index contributed by atoms with van der Waals surface area (Å²) in [5.41, 5.74) is 2.96. The Hall–Kier alpha value is -4.34. The molecule has 0 unspecified atom stereocenters. The minimum absolute atomic E-state index is 0.0246. The Morgan fingerprint density at radius 1 is 0.867 bits per heavy atom. The molecule has 0 heterocycles. The Kier molecular flexibility index (Phi) is 11.6. The van der Waals surface area contributed by atoms with Gasteiger partial charge in [0.1, 0.15) is 18.3 Å². The number of anilines is 1. The first-order chi connectivity index (χ1) is 21.6. The van der Waals surface area contributed by atoms with Crippen molar-refractivity contribution >= 4 is 39.1 Å². The van der Waals surface area contributed by atoms with Gasteiger partial charge >= 0.3 is 0 Å². The summed E-state index contributed by atoms with van der Waals surface area (Å²) < 4.78 is 34.8. The third kappa shape index (κ3) is 8.86. The van der Waals surface area contributed by atoms with E-state index in [0.29, 0.717) is 23.9 Å². The van der Waals surface area contributed by atoms with Crippen LogP contribution in [0.2, 0.25) is 5.02 Å². The van der Waals surface area contributed by atoms with Crippen LogP contribution in [0, 0.1) is 6.92 Å². The van der Waals surface area contributed by atoms with Crippen molar-refractivity contribution in [2.45, 2.75) is 44.7 Å². The van der Waals surface area contributed by atoms with Crippen molar-refractivity contribution < 1.29 is 22.7 Å². The zero-order valence-electron chi connectivity index (χ0n) is 25.6. The van der Waals surface area contributed by atoms with Gasteiger partial charge in [-0.05, 0) is 80.4 Å². The zero-order chi connectivity index (χ0) is 32.4. The summed E-state index contributed by atoms with van der Waals surface area (Å²) in [6.45, 7) is 6.00. The van der Waals surface area contributed by atoms with Crippen LogP contribution in [0.15, 0.2) is 108 Å². The van der Waals surface area contributed by atoms with Crippen LogP contribution in [0.4, 0.5) is 5.69 Å². The smallest absolute Gasteiger partial charge is 0.264 e. The van der Waals surface area contributed by atoms with Crippen LogP contribution in [0.3, 0.4) is 0 Å². The van der Waals surface area contributed by atoms with Crippen molar-refractivity contribution in [1.29, 1.82) is 0 Å². The Balaban J connectivity index is 1.79. The maximum Gasteiger partial charge on any atom is 0.264 e. The molecule has 0 bridgehead atoms. The predicted molar refractivity (Wildman–Crippen MR) is 178 cm³/mol. The van der Waals surface area contributed by atoms with Crippen LogP contribution in [-0.4, -0.2) is 50.9 Å². The van der Waals surface area contributed by atoms with Gasteiger partial charge in [-0.25, -0.2) is 8.42 Å². The normalized spacial score (nSPS) is 11.8. The molecular formula is C35H38ClN3O5S. The van der Waals surface area contributed by atoms with E-state index in [1.165, 1.54) is 29.2 Å². The van der Waals surface area contributed by atoms with E-state index in [2.05, 4.69) is 5.32 Å². The number of sulfonamides is 1. The highest BCUT2D eigenvalue weighted by molar-refractivity contribution is 7.92. The van der Waals surface area contributed by atoms with Crippen LogP contribution < -0.4 is 14.4 Å². The molecule has 1 N–H and O–H groups in total. The highest BCUT2D eigenvalue weighted by atomic mass is 35.5.